The molecule has 0 aliphatic heterocycles. The SMILES string of the molecule is CCN(CC(NC)c1cc(OC)ccc1OC)C1CC1. The second-order valence-electron chi connectivity index (χ2n) is 5.27. The van der Waals surface area contributed by atoms with Gasteiger partial charge in [-0.05, 0) is 44.6 Å². The number of ether oxygens (including phenoxy) is 2. The summed E-state index contributed by atoms with van der Waals surface area (Å²) >= 11 is 0. The van der Waals surface area contributed by atoms with E-state index in [2.05, 4.69) is 23.2 Å². The van der Waals surface area contributed by atoms with Gasteiger partial charge in [0.15, 0.2) is 0 Å². The Morgan fingerprint density at radius 2 is 2.05 bits per heavy atom. The van der Waals surface area contributed by atoms with Crippen LogP contribution in [0.2, 0.25) is 0 Å². The Morgan fingerprint density at radius 3 is 2.55 bits per heavy atom. The van der Waals surface area contributed by atoms with Crippen LogP contribution in [-0.2, 0) is 0 Å². The molecule has 0 aromatic heterocycles. The van der Waals surface area contributed by atoms with E-state index < -0.39 is 0 Å². The fraction of sp³-hybridized carbons (Fsp3) is 0.625. The largest absolute Gasteiger partial charge is 0.497 e. The molecule has 1 N–H and O–H groups in total. The van der Waals surface area contributed by atoms with Gasteiger partial charge in [0.25, 0.3) is 0 Å². The molecule has 1 unspecified atom stereocenters. The molecule has 4 nitrogen and oxygen atoms in total. The van der Waals surface area contributed by atoms with Gasteiger partial charge in [-0.2, -0.15) is 0 Å². The molecular formula is C16H26N2O2. The molecule has 1 aromatic carbocycles. The molecule has 1 saturated carbocycles. The maximum Gasteiger partial charge on any atom is 0.123 e. The summed E-state index contributed by atoms with van der Waals surface area (Å²) in [7, 11) is 5.42. The van der Waals surface area contributed by atoms with Crippen LogP contribution < -0.4 is 14.8 Å². The molecule has 1 aliphatic carbocycles. The first-order chi connectivity index (χ1) is 9.73. The second-order valence-corrected chi connectivity index (χ2v) is 5.27. The summed E-state index contributed by atoms with van der Waals surface area (Å²) < 4.78 is 10.8. The lowest BCUT2D eigenvalue weighted by atomic mass is 10.0. The van der Waals surface area contributed by atoms with E-state index in [1.807, 2.05) is 19.2 Å². The van der Waals surface area contributed by atoms with Crippen molar-refractivity contribution in [1.29, 1.82) is 0 Å². The maximum atomic E-state index is 5.50. The van der Waals surface area contributed by atoms with Gasteiger partial charge in [0.2, 0.25) is 0 Å². The third-order valence-electron chi connectivity index (χ3n) is 4.05. The van der Waals surface area contributed by atoms with Crippen LogP contribution in [-0.4, -0.2) is 45.3 Å². The van der Waals surface area contributed by atoms with Crippen LogP contribution in [0, 0.1) is 0 Å². The standard InChI is InChI=1S/C16H26N2O2/c1-5-18(12-6-7-12)11-15(17-2)14-10-13(19-3)8-9-16(14)20-4/h8-10,12,15,17H,5-7,11H2,1-4H3. The van der Waals surface area contributed by atoms with Crippen molar-refractivity contribution < 1.29 is 9.47 Å². The molecule has 4 heteroatoms. The molecule has 112 valence electrons. The Labute approximate surface area is 122 Å². The van der Waals surface area contributed by atoms with Crippen LogP contribution >= 0.6 is 0 Å². The molecule has 0 bridgehead atoms. The van der Waals surface area contributed by atoms with Crippen LogP contribution in [0.15, 0.2) is 18.2 Å². The number of hydrogen-bond donors (Lipinski definition) is 1. The number of methoxy groups -OCH3 is 2. The molecule has 1 atom stereocenters. The van der Waals surface area contributed by atoms with E-state index >= 15 is 0 Å². The summed E-state index contributed by atoms with van der Waals surface area (Å²) in [5.41, 5.74) is 1.16. The Hall–Kier alpha value is -1.26. The summed E-state index contributed by atoms with van der Waals surface area (Å²) in [4.78, 5) is 2.54. The van der Waals surface area contributed by atoms with Crippen LogP contribution in [0.4, 0.5) is 0 Å². The van der Waals surface area contributed by atoms with Crippen molar-refractivity contribution >= 4 is 0 Å². The summed E-state index contributed by atoms with van der Waals surface area (Å²) in [6.45, 7) is 4.32. The van der Waals surface area contributed by atoms with Crippen LogP contribution in [0.25, 0.3) is 0 Å². The molecule has 2 rings (SSSR count). The van der Waals surface area contributed by atoms with Crippen molar-refractivity contribution in [2.24, 2.45) is 0 Å². The summed E-state index contributed by atoms with van der Waals surface area (Å²) in [6.07, 6.45) is 2.67. The normalized spacial score (nSPS) is 16.2. The van der Waals surface area contributed by atoms with Gasteiger partial charge in [0.05, 0.1) is 14.2 Å². The summed E-state index contributed by atoms with van der Waals surface area (Å²) in [5.74, 6) is 1.78. The zero-order chi connectivity index (χ0) is 14.5. The average molecular weight is 278 g/mol. The molecule has 0 saturated heterocycles. The monoisotopic (exact) mass is 278 g/mol. The van der Waals surface area contributed by atoms with E-state index in [0.717, 1.165) is 36.2 Å². The minimum Gasteiger partial charge on any atom is -0.497 e. The number of benzene rings is 1. The van der Waals surface area contributed by atoms with Gasteiger partial charge >= 0.3 is 0 Å². The molecule has 1 aromatic rings. The molecule has 0 amide bonds. The maximum absolute atomic E-state index is 5.50. The smallest absolute Gasteiger partial charge is 0.123 e. The molecule has 20 heavy (non-hydrogen) atoms. The average Bonchev–Trinajstić information content (AvgIpc) is 3.32. The van der Waals surface area contributed by atoms with E-state index in [0.29, 0.717) is 0 Å². The van der Waals surface area contributed by atoms with Crippen molar-refractivity contribution in [1.82, 2.24) is 10.2 Å². The quantitative estimate of drug-likeness (QED) is 0.792. The fourth-order valence-electron chi connectivity index (χ4n) is 2.67. The number of likely N-dealkylation sites (N-methyl/N-ethyl adjacent to an activating group) is 2. The Morgan fingerprint density at radius 1 is 1.30 bits per heavy atom. The lowest BCUT2D eigenvalue weighted by molar-refractivity contribution is 0.246. The lowest BCUT2D eigenvalue weighted by Gasteiger charge is -2.27. The van der Waals surface area contributed by atoms with E-state index in [-0.39, 0.29) is 6.04 Å². The molecule has 1 aliphatic rings. The molecule has 0 heterocycles. The van der Waals surface area contributed by atoms with Crippen molar-refractivity contribution in [2.75, 3.05) is 34.4 Å². The highest BCUT2D eigenvalue weighted by Crippen LogP contribution is 2.32. The highest BCUT2D eigenvalue weighted by Gasteiger charge is 2.30. The van der Waals surface area contributed by atoms with E-state index in [1.54, 1.807) is 14.2 Å². The Kier molecular flexibility index (Phi) is 5.26. The molecule has 0 spiro atoms. The minimum atomic E-state index is 0.251. The zero-order valence-corrected chi connectivity index (χ0v) is 13.0. The van der Waals surface area contributed by atoms with Gasteiger partial charge < -0.3 is 14.8 Å². The molecule has 1 fully saturated rings. The van der Waals surface area contributed by atoms with Gasteiger partial charge in [-0.1, -0.05) is 6.92 Å². The highest BCUT2D eigenvalue weighted by molar-refractivity contribution is 5.42. The highest BCUT2D eigenvalue weighted by atomic mass is 16.5. The van der Waals surface area contributed by atoms with Gasteiger partial charge in [0, 0.05) is 24.2 Å². The Bertz CT molecular complexity index is 432. The number of rotatable bonds is 8. The van der Waals surface area contributed by atoms with E-state index in [9.17, 15) is 0 Å². The van der Waals surface area contributed by atoms with E-state index in [4.69, 9.17) is 9.47 Å². The Balaban J connectivity index is 2.20. The molecular weight excluding hydrogens is 252 g/mol. The van der Waals surface area contributed by atoms with Gasteiger partial charge in [-0.25, -0.2) is 0 Å². The number of nitrogens with one attached hydrogen (secondary N) is 1. The number of nitrogens with zero attached hydrogens (tertiary/aromatic N) is 1. The first kappa shape index (κ1) is 15.1. The van der Waals surface area contributed by atoms with E-state index in [1.165, 1.54) is 12.8 Å². The second kappa shape index (κ2) is 6.95. The predicted octanol–water partition coefficient (Wildman–Crippen LogP) is 2.45. The van der Waals surface area contributed by atoms with Gasteiger partial charge in [-0.3, -0.25) is 4.90 Å². The zero-order valence-electron chi connectivity index (χ0n) is 13.0. The summed E-state index contributed by atoms with van der Waals surface area (Å²) in [5, 5.41) is 3.41. The summed E-state index contributed by atoms with van der Waals surface area (Å²) in [6, 6.07) is 7.01. The predicted molar refractivity (Wildman–Crippen MR) is 81.6 cm³/mol. The third kappa shape index (κ3) is 3.44. The third-order valence-corrected chi connectivity index (χ3v) is 4.05. The van der Waals surface area contributed by atoms with Crippen LogP contribution in [0.5, 0.6) is 11.5 Å². The molecule has 0 radical (unpaired) electrons. The van der Waals surface area contributed by atoms with Crippen molar-refractivity contribution in [3.05, 3.63) is 23.8 Å². The number of hydrogen-bond acceptors (Lipinski definition) is 4. The lowest BCUT2D eigenvalue weighted by Crippen LogP contribution is -2.35. The first-order valence-corrected chi connectivity index (χ1v) is 7.36. The van der Waals surface area contributed by atoms with Crippen molar-refractivity contribution in [3.63, 3.8) is 0 Å². The minimum absolute atomic E-state index is 0.251. The fourth-order valence-corrected chi connectivity index (χ4v) is 2.67. The topological polar surface area (TPSA) is 33.7 Å². The van der Waals surface area contributed by atoms with Gasteiger partial charge in [0.1, 0.15) is 11.5 Å². The van der Waals surface area contributed by atoms with Crippen LogP contribution in [0.3, 0.4) is 0 Å². The van der Waals surface area contributed by atoms with Crippen LogP contribution in [0.1, 0.15) is 31.4 Å². The van der Waals surface area contributed by atoms with Gasteiger partial charge in [-0.15, -0.1) is 0 Å². The van der Waals surface area contributed by atoms with Crippen molar-refractivity contribution in [3.8, 4) is 11.5 Å². The first-order valence-electron chi connectivity index (χ1n) is 7.36. The van der Waals surface area contributed by atoms with Crippen molar-refractivity contribution in [2.45, 2.75) is 31.8 Å².